The normalized spacial score (nSPS) is 24.3. The summed E-state index contributed by atoms with van der Waals surface area (Å²) >= 11 is 0. The summed E-state index contributed by atoms with van der Waals surface area (Å²) in [7, 11) is 0. The Hall–Kier alpha value is -1.64. The van der Waals surface area contributed by atoms with Crippen molar-refractivity contribution < 1.29 is 9.90 Å². The van der Waals surface area contributed by atoms with Crippen LogP contribution in [0, 0.1) is 0 Å². The molecule has 0 radical (unpaired) electrons. The van der Waals surface area contributed by atoms with Gasteiger partial charge in [-0.15, -0.1) is 0 Å². The number of hydrogen-bond donors (Lipinski definition) is 1. The molecule has 14 heavy (non-hydrogen) atoms. The van der Waals surface area contributed by atoms with Crippen molar-refractivity contribution in [3.63, 3.8) is 0 Å². The van der Waals surface area contributed by atoms with Crippen LogP contribution in [0.5, 0.6) is 0 Å². The number of para-hydroxylation sites is 1. The number of aliphatic carboxylic acids is 1. The number of fused-ring (bicyclic) bond motifs is 1. The van der Waals surface area contributed by atoms with E-state index in [1.54, 1.807) is 6.92 Å². The fraction of sp³-hybridized carbons (Fsp3) is 0.273. The molecule has 2 rings (SSSR count). The lowest BCUT2D eigenvalue weighted by atomic mass is 9.94. The van der Waals surface area contributed by atoms with Crippen LogP contribution in [-0.2, 0) is 4.79 Å². The molecular formula is C11H11NO2. The van der Waals surface area contributed by atoms with Gasteiger partial charge in [0.15, 0.2) is 5.54 Å². The summed E-state index contributed by atoms with van der Waals surface area (Å²) in [6.45, 7) is 3.45. The Balaban J connectivity index is 2.82. The number of carboxylic acids is 1. The highest BCUT2D eigenvalue weighted by atomic mass is 16.4. The van der Waals surface area contributed by atoms with Gasteiger partial charge in [-0.05, 0) is 25.5 Å². The van der Waals surface area contributed by atoms with Crippen molar-refractivity contribution in [3.8, 4) is 0 Å². The fourth-order valence-electron chi connectivity index (χ4n) is 1.68. The maximum atomic E-state index is 11.1. The van der Waals surface area contributed by atoms with Crippen molar-refractivity contribution in [1.29, 1.82) is 0 Å². The van der Waals surface area contributed by atoms with Crippen molar-refractivity contribution in [2.75, 3.05) is 0 Å². The molecule has 1 aliphatic heterocycles. The zero-order valence-electron chi connectivity index (χ0n) is 8.11. The van der Waals surface area contributed by atoms with E-state index in [9.17, 15) is 4.79 Å². The lowest BCUT2D eigenvalue weighted by Crippen LogP contribution is -2.33. The largest absolute Gasteiger partial charge is 0.479 e. The molecule has 0 bridgehead atoms. The summed E-state index contributed by atoms with van der Waals surface area (Å²) in [6, 6.07) is 7.50. The molecule has 3 nitrogen and oxygen atoms in total. The summed E-state index contributed by atoms with van der Waals surface area (Å²) in [6.07, 6.45) is 0. The van der Waals surface area contributed by atoms with Gasteiger partial charge in [-0.25, -0.2) is 4.79 Å². The topological polar surface area (TPSA) is 49.7 Å². The van der Waals surface area contributed by atoms with Gasteiger partial charge >= 0.3 is 5.97 Å². The number of hydrogen-bond acceptors (Lipinski definition) is 2. The lowest BCUT2D eigenvalue weighted by molar-refractivity contribution is -0.140. The quantitative estimate of drug-likeness (QED) is 0.692. The maximum absolute atomic E-state index is 11.1. The van der Waals surface area contributed by atoms with Crippen LogP contribution < -0.4 is 10.6 Å². The average molecular weight is 189 g/mol. The Bertz CT molecular complexity index is 518. The Morgan fingerprint density at radius 3 is 2.64 bits per heavy atom. The van der Waals surface area contributed by atoms with E-state index in [0.29, 0.717) is 0 Å². The second-order valence-corrected chi connectivity index (χ2v) is 3.63. The van der Waals surface area contributed by atoms with Crippen LogP contribution in [0.3, 0.4) is 0 Å². The van der Waals surface area contributed by atoms with Crippen LogP contribution in [-0.4, -0.2) is 16.6 Å². The zero-order valence-corrected chi connectivity index (χ0v) is 8.11. The van der Waals surface area contributed by atoms with Gasteiger partial charge in [-0.1, -0.05) is 18.2 Å². The third kappa shape index (κ3) is 0.985. The van der Waals surface area contributed by atoms with Gasteiger partial charge in [0.1, 0.15) is 0 Å². The summed E-state index contributed by atoms with van der Waals surface area (Å²) < 4.78 is 0. The highest BCUT2D eigenvalue weighted by molar-refractivity contribution is 5.91. The maximum Gasteiger partial charge on any atom is 0.335 e. The molecule has 0 spiro atoms. The van der Waals surface area contributed by atoms with Crippen LogP contribution in [0.25, 0.3) is 5.57 Å². The number of benzene rings is 1. The predicted octanol–water partition coefficient (Wildman–Crippen LogP) is 0.334. The molecule has 0 aromatic heterocycles. The molecule has 72 valence electrons. The number of rotatable bonds is 1. The van der Waals surface area contributed by atoms with Gasteiger partial charge in [-0.2, -0.15) is 0 Å². The van der Waals surface area contributed by atoms with E-state index in [1.807, 2.05) is 31.2 Å². The first-order valence-corrected chi connectivity index (χ1v) is 4.45. The van der Waals surface area contributed by atoms with E-state index in [1.165, 1.54) is 0 Å². The zero-order chi connectivity index (χ0) is 10.3. The van der Waals surface area contributed by atoms with E-state index in [-0.39, 0.29) is 0 Å². The van der Waals surface area contributed by atoms with Crippen molar-refractivity contribution >= 4 is 11.5 Å². The summed E-state index contributed by atoms with van der Waals surface area (Å²) in [5.74, 6) is -0.897. The second-order valence-electron chi connectivity index (χ2n) is 3.63. The minimum Gasteiger partial charge on any atom is -0.479 e. The van der Waals surface area contributed by atoms with Crippen LogP contribution in [0.4, 0.5) is 0 Å². The van der Waals surface area contributed by atoms with E-state index in [0.717, 1.165) is 16.1 Å². The minimum absolute atomic E-state index is 0.773. The van der Waals surface area contributed by atoms with Gasteiger partial charge in [0.2, 0.25) is 0 Å². The predicted molar refractivity (Wildman–Crippen MR) is 52.3 cm³/mol. The first kappa shape index (κ1) is 8.94. The van der Waals surface area contributed by atoms with Crippen molar-refractivity contribution in [1.82, 2.24) is 0 Å². The Labute approximate surface area is 81.4 Å². The van der Waals surface area contributed by atoms with Crippen molar-refractivity contribution in [2.45, 2.75) is 19.4 Å². The highest BCUT2D eigenvalue weighted by Crippen LogP contribution is 2.22. The van der Waals surface area contributed by atoms with Gasteiger partial charge in [0.25, 0.3) is 0 Å². The highest BCUT2D eigenvalue weighted by Gasteiger charge is 2.37. The number of nitrogens with zero attached hydrogens (tertiary/aromatic N) is 1. The molecule has 1 N–H and O–H groups in total. The summed E-state index contributed by atoms with van der Waals surface area (Å²) in [4.78, 5) is 15.3. The van der Waals surface area contributed by atoms with Gasteiger partial charge in [0, 0.05) is 5.22 Å². The second kappa shape index (κ2) is 2.67. The number of carbonyl (C=O) groups is 1. The van der Waals surface area contributed by atoms with Crippen LogP contribution in [0.2, 0.25) is 0 Å². The van der Waals surface area contributed by atoms with E-state index < -0.39 is 11.5 Å². The molecule has 3 heteroatoms. The van der Waals surface area contributed by atoms with Crippen LogP contribution in [0.15, 0.2) is 29.3 Å². The molecule has 0 aliphatic carbocycles. The molecule has 0 saturated carbocycles. The van der Waals surface area contributed by atoms with E-state index in [4.69, 9.17) is 5.11 Å². The third-order valence-corrected chi connectivity index (χ3v) is 2.80. The van der Waals surface area contributed by atoms with Gasteiger partial charge < -0.3 is 5.11 Å². The average Bonchev–Trinajstić information content (AvgIpc) is 2.42. The first-order valence-electron chi connectivity index (χ1n) is 4.45. The smallest absolute Gasteiger partial charge is 0.335 e. The molecule has 1 heterocycles. The summed E-state index contributed by atoms with van der Waals surface area (Å²) in [5, 5.41) is 10.8. The SMILES string of the molecule is CC1=c2ccccc2=NC1(C)C(=O)O. The molecule has 1 aromatic carbocycles. The van der Waals surface area contributed by atoms with Gasteiger partial charge in [0.05, 0.1) is 5.36 Å². The van der Waals surface area contributed by atoms with Crippen molar-refractivity contribution in [2.24, 2.45) is 4.99 Å². The van der Waals surface area contributed by atoms with E-state index in [2.05, 4.69) is 4.99 Å². The number of carboxylic acid groups (broad SMARTS) is 1. The molecular weight excluding hydrogens is 178 g/mol. The van der Waals surface area contributed by atoms with E-state index >= 15 is 0 Å². The molecule has 1 aromatic rings. The molecule has 0 saturated heterocycles. The van der Waals surface area contributed by atoms with Crippen LogP contribution in [0.1, 0.15) is 13.8 Å². The lowest BCUT2D eigenvalue weighted by Gasteiger charge is -2.16. The van der Waals surface area contributed by atoms with Crippen LogP contribution >= 0.6 is 0 Å². The molecule has 1 atom stereocenters. The summed E-state index contributed by atoms with van der Waals surface area (Å²) in [5.41, 5.74) is -0.274. The standard InChI is InChI=1S/C11H11NO2/c1-7-8-5-3-4-6-9(8)12-11(7,2)10(13)14/h3-6H,1-2H3,(H,13,14). The monoisotopic (exact) mass is 189 g/mol. The van der Waals surface area contributed by atoms with Crippen molar-refractivity contribution in [3.05, 3.63) is 34.8 Å². The Morgan fingerprint density at radius 1 is 1.43 bits per heavy atom. The molecule has 0 amide bonds. The van der Waals surface area contributed by atoms with Gasteiger partial charge in [-0.3, -0.25) is 4.99 Å². The first-order chi connectivity index (χ1) is 6.55. The fourth-order valence-corrected chi connectivity index (χ4v) is 1.68. The molecule has 1 unspecified atom stereocenters. The Kier molecular flexibility index (Phi) is 1.71. The Morgan fingerprint density at radius 2 is 2.07 bits per heavy atom. The molecule has 0 fully saturated rings. The minimum atomic E-state index is -1.08. The third-order valence-electron chi connectivity index (χ3n) is 2.80. The molecule has 1 aliphatic rings.